The molecule has 0 amide bonds. The first-order valence-corrected chi connectivity index (χ1v) is 5.02. The second-order valence-electron chi connectivity index (χ2n) is 3.50. The lowest BCUT2D eigenvalue weighted by Gasteiger charge is -2.17. The van der Waals surface area contributed by atoms with E-state index in [1.807, 2.05) is 0 Å². The molecular formula is C9H10ClF4N3. The zero-order valence-electron chi connectivity index (χ0n) is 9.07. The van der Waals surface area contributed by atoms with E-state index in [1.54, 1.807) is 13.8 Å². The molecule has 0 aromatic carbocycles. The highest BCUT2D eigenvalue weighted by Crippen LogP contribution is 2.25. The lowest BCUT2D eigenvalue weighted by molar-refractivity contribution is -0.117. The molecule has 96 valence electrons. The van der Waals surface area contributed by atoms with Gasteiger partial charge in [-0.2, -0.15) is 8.78 Å². The van der Waals surface area contributed by atoms with E-state index in [-0.39, 0.29) is 11.0 Å². The minimum atomic E-state index is -4.11. The van der Waals surface area contributed by atoms with Gasteiger partial charge in [0.1, 0.15) is 0 Å². The number of nitrogens with one attached hydrogen (secondary N) is 1. The first-order valence-electron chi connectivity index (χ1n) is 4.65. The van der Waals surface area contributed by atoms with E-state index in [9.17, 15) is 17.6 Å². The van der Waals surface area contributed by atoms with E-state index in [0.717, 1.165) is 0 Å². The Morgan fingerprint density at radius 3 is 2.35 bits per heavy atom. The number of anilines is 1. The Balaban J connectivity index is 2.81. The molecule has 0 aliphatic carbocycles. The van der Waals surface area contributed by atoms with Gasteiger partial charge in [0.2, 0.25) is 0 Å². The monoisotopic (exact) mass is 271 g/mol. The standard InChI is InChI=1S/C9H10ClF4N3/c1-4-5(2)7(17-16-6(4)10)15-3-9(13,14)8(11)12/h8H,3H2,1-2H3,(H,15,17). The Morgan fingerprint density at radius 2 is 1.82 bits per heavy atom. The Kier molecular flexibility index (Phi) is 4.13. The predicted molar refractivity (Wildman–Crippen MR) is 56.0 cm³/mol. The van der Waals surface area contributed by atoms with Gasteiger partial charge in [-0.3, -0.25) is 0 Å². The lowest BCUT2D eigenvalue weighted by atomic mass is 10.2. The van der Waals surface area contributed by atoms with Crippen LogP contribution in [0.15, 0.2) is 0 Å². The highest BCUT2D eigenvalue weighted by atomic mass is 35.5. The fraction of sp³-hybridized carbons (Fsp3) is 0.556. The van der Waals surface area contributed by atoms with Crippen LogP contribution in [0.1, 0.15) is 11.1 Å². The summed E-state index contributed by atoms with van der Waals surface area (Å²) in [6.07, 6.45) is -3.73. The van der Waals surface area contributed by atoms with E-state index in [2.05, 4.69) is 15.5 Å². The molecule has 0 fully saturated rings. The number of nitrogens with zero attached hydrogens (tertiary/aromatic N) is 2. The highest BCUT2D eigenvalue weighted by molar-refractivity contribution is 6.30. The summed E-state index contributed by atoms with van der Waals surface area (Å²) < 4.78 is 49.1. The summed E-state index contributed by atoms with van der Waals surface area (Å²) in [5.41, 5.74) is 1.06. The summed E-state index contributed by atoms with van der Waals surface area (Å²) >= 11 is 5.66. The Labute approximate surface area is 100 Å². The predicted octanol–water partition coefficient (Wildman–Crippen LogP) is 3.06. The molecule has 0 bridgehead atoms. The van der Waals surface area contributed by atoms with E-state index < -0.39 is 18.9 Å². The van der Waals surface area contributed by atoms with Crippen molar-refractivity contribution in [1.29, 1.82) is 0 Å². The summed E-state index contributed by atoms with van der Waals surface area (Å²) in [4.78, 5) is 0. The van der Waals surface area contributed by atoms with Gasteiger partial charge >= 0.3 is 12.3 Å². The van der Waals surface area contributed by atoms with Gasteiger partial charge in [-0.05, 0) is 25.0 Å². The van der Waals surface area contributed by atoms with E-state index in [4.69, 9.17) is 11.6 Å². The van der Waals surface area contributed by atoms with E-state index >= 15 is 0 Å². The largest absolute Gasteiger partial charge is 0.362 e. The summed E-state index contributed by atoms with van der Waals surface area (Å²) in [5, 5.41) is 9.32. The van der Waals surface area contributed by atoms with Crippen molar-refractivity contribution in [2.45, 2.75) is 26.2 Å². The van der Waals surface area contributed by atoms with Gasteiger partial charge in [-0.1, -0.05) is 11.6 Å². The number of halogens is 5. The first kappa shape index (κ1) is 14.0. The summed E-state index contributed by atoms with van der Waals surface area (Å²) in [6, 6.07) is 0. The molecule has 0 aliphatic rings. The zero-order chi connectivity index (χ0) is 13.2. The third-order valence-electron chi connectivity index (χ3n) is 2.28. The van der Waals surface area contributed by atoms with Crippen molar-refractivity contribution >= 4 is 17.4 Å². The lowest BCUT2D eigenvalue weighted by Crippen LogP contribution is -2.35. The average Bonchev–Trinajstić information content (AvgIpc) is 2.25. The first-order chi connectivity index (χ1) is 7.75. The normalized spacial score (nSPS) is 12.0. The molecule has 1 aromatic heterocycles. The van der Waals surface area contributed by atoms with Crippen LogP contribution in [0.2, 0.25) is 5.15 Å². The molecule has 0 unspecified atom stereocenters. The summed E-state index contributed by atoms with van der Waals surface area (Å²) in [6.45, 7) is 2.00. The number of hydrogen-bond acceptors (Lipinski definition) is 3. The van der Waals surface area contributed by atoms with Gasteiger partial charge in [0.25, 0.3) is 0 Å². The molecule has 1 aromatic rings. The van der Waals surface area contributed by atoms with Crippen molar-refractivity contribution in [3.05, 3.63) is 16.3 Å². The maximum atomic E-state index is 12.7. The summed E-state index contributed by atoms with van der Waals surface area (Å²) in [5.74, 6) is -4.09. The smallest absolute Gasteiger partial charge is 0.324 e. The van der Waals surface area contributed by atoms with Crippen LogP contribution in [0.5, 0.6) is 0 Å². The van der Waals surface area contributed by atoms with Crippen LogP contribution in [-0.2, 0) is 0 Å². The van der Waals surface area contributed by atoms with Gasteiger partial charge in [0.05, 0.1) is 6.54 Å². The van der Waals surface area contributed by atoms with Crippen LogP contribution >= 0.6 is 11.6 Å². The second kappa shape index (κ2) is 5.03. The molecule has 8 heteroatoms. The molecule has 0 aliphatic heterocycles. The fourth-order valence-corrected chi connectivity index (χ4v) is 1.20. The zero-order valence-corrected chi connectivity index (χ0v) is 9.82. The quantitative estimate of drug-likeness (QED) is 0.855. The third-order valence-corrected chi connectivity index (χ3v) is 2.63. The Morgan fingerprint density at radius 1 is 1.24 bits per heavy atom. The van der Waals surface area contributed by atoms with Crippen LogP contribution in [-0.4, -0.2) is 29.1 Å². The van der Waals surface area contributed by atoms with Crippen molar-refractivity contribution in [3.8, 4) is 0 Å². The van der Waals surface area contributed by atoms with Gasteiger partial charge in [-0.25, -0.2) is 8.78 Å². The van der Waals surface area contributed by atoms with Gasteiger partial charge < -0.3 is 5.32 Å². The minimum Gasteiger partial charge on any atom is -0.362 e. The Bertz CT molecular complexity index is 411. The van der Waals surface area contributed by atoms with Crippen LogP contribution < -0.4 is 5.32 Å². The molecule has 17 heavy (non-hydrogen) atoms. The third kappa shape index (κ3) is 3.18. The van der Waals surface area contributed by atoms with Crippen LogP contribution in [0.3, 0.4) is 0 Å². The maximum Gasteiger partial charge on any atom is 0.324 e. The molecule has 0 radical (unpaired) electrons. The second-order valence-corrected chi connectivity index (χ2v) is 3.86. The summed E-state index contributed by atoms with van der Waals surface area (Å²) in [7, 11) is 0. The average molecular weight is 272 g/mol. The van der Waals surface area contributed by atoms with Crippen molar-refractivity contribution in [3.63, 3.8) is 0 Å². The fourth-order valence-electron chi connectivity index (χ4n) is 1.02. The SMILES string of the molecule is Cc1c(Cl)nnc(NCC(F)(F)C(F)F)c1C. The van der Waals surface area contributed by atoms with Gasteiger partial charge in [0.15, 0.2) is 11.0 Å². The topological polar surface area (TPSA) is 37.8 Å². The van der Waals surface area contributed by atoms with Crippen LogP contribution in [0, 0.1) is 13.8 Å². The van der Waals surface area contributed by atoms with E-state index in [0.29, 0.717) is 11.1 Å². The van der Waals surface area contributed by atoms with Crippen molar-refractivity contribution in [2.75, 3.05) is 11.9 Å². The number of alkyl halides is 4. The maximum absolute atomic E-state index is 12.7. The van der Waals surface area contributed by atoms with Crippen molar-refractivity contribution < 1.29 is 17.6 Å². The molecule has 0 saturated carbocycles. The molecule has 0 atom stereocenters. The molecule has 1 N–H and O–H groups in total. The van der Waals surface area contributed by atoms with Crippen LogP contribution in [0.4, 0.5) is 23.4 Å². The van der Waals surface area contributed by atoms with E-state index in [1.165, 1.54) is 0 Å². The number of aromatic nitrogens is 2. The van der Waals surface area contributed by atoms with Crippen LogP contribution in [0.25, 0.3) is 0 Å². The van der Waals surface area contributed by atoms with Crippen molar-refractivity contribution in [2.24, 2.45) is 0 Å². The van der Waals surface area contributed by atoms with Gasteiger partial charge in [0, 0.05) is 0 Å². The molecule has 0 saturated heterocycles. The molecule has 1 rings (SSSR count). The Hall–Kier alpha value is -1.11. The number of hydrogen-bond donors (Lipinski definition) is 1. The van der Waals surface area contributed by atoms with Gasteiger partial charge in [-0.15, -0.1) is 10.2 Å². The molecule has 3 nitrogen and oxygen atoms in total. The molecule has 1 heterocycles. The number of rotatable bonds is 4. The molecular weight excluding hydrogens is 262 g/mol. The minimum absolute atomic E-state index is 0.0206. The highest BCUT2D eigenvalue weighted by Gasteiger charge is 2.40. The molecule has 0 spiro atoms. The van der Waals surface area contributed by atoms with Crippen molar-refractivity contribution in [1.82, 2.24) is 10.2 Å².